The van der Waals surface area contributed by atoms with Gasteiger partial charge in [0.2, 0.25) is 0 Å². The number of hydrogen-bond donors (Lipinski definition) is 1. The summed E-state index contributed by atoms with van der Waals surface area (Å²) in [4.78, 5) is 13.7. The maximum atomic E-state index is 4.76. The van der Waals surface area contributed by atoms with Gasteiger partial charge in [-0.3, -0.25) is 4.98 Å². The second-order valence-corrected chi connectivity index (χ2v) is 4.89. The number of hydrogen-bond acceptors (Lipinski definition) is 4. The maximum Gasteiger partial charge on any atom is 0.161 e. The van der Waals surface area contributed by atoms with Crippen molar-refractivity contribution in [1.29, 1.82) is 0 Å². The summed E-state index contributed by atoms with van der Waals surface area (Å²) in [5.74, 6) is 0.810. The van der Waals surface area contributed by atoms with Gasteiger partial charge in [0.05, 0.1) is 5.69 Å². The molecular weight excluding hydrogens is 236 g/mol. The van der Waals surface area contributed by atoms with Crippen LogP contribution in [0.2, 0.25) is 0 Å². The second-order valence-electron chi connectivity index (χ2n) is 4.89. The van der Waals surface area contributed by atoms with E-state index < -0.39 is 0 Å². The van der Waals surface area contributed by atoms with Crippen LogP contribution in [0.15, 0.2) is 18.5 Å². The molecule has 0 aliphatic carbocycles. The quantitative estimate of drug-likeness (QED) is 0.891. The lowest BCUT2D eigenvalue weighted by molar-refractivity contribution is 0.617. The Balaban J connectivity index is 2.15. The molecule has 1 N–H and O–H groups in total. The lowest BCUT2D eigenvalue weighted by Gasteiger charge is -2.19. The maximum absolute atomic E-state index is 4.76. The van der Waals surface area contributed by atoms with E-state index in [1.807, 2.05) is 12.3 Å². The first-order chi connectivity index (χ1) is 9.29. The third-order valence-corrected chi connectivity index (χ3v) is 3.64. The van der Waals surface area contributed by atoms with Crippen molar-refractivity contribution >= 4 is 0 Å². The van der Waals surface area contributed by atoms with Crippen molar-refractivity contribution in [2.45, 2.75) is 33.2 Å². The number of nitrogens with zero attached hydrogens (tertiary/aromatic N) is 3. The number of nitrogens with one attached hydrogen (secondary N) is 1. The average Bonchev–Trinajstić information content (AvgIpc) is 2.46. The zero-order valence-electron chi connectivity index (χ0n) is 11.4. The number of aromatic nitrogens is 3. The first kappa shape index (κ1) is 12.2. The van der Waals surface area contributed by atoms with Crippen molar-refractivity contribution in [3.8, 4) is 11.4 Å². The smallest absolute Gasteiger partial charge is 0.161 e. The molecule has 2 aromatic rings. The van der Waals surface area contributed by atoms with Crippen LogP contribution < -0.4 is 5.32 Å². The summed E-state index contributed by atoms with van der Waals surface area (Å²) in [6.45, 7) is 6.10. The van der Waals surface area contributed by atoms with Gasteiger partial charge in [0, 0.05) is 30.2 Å². The van der Waals surface area contributed by atoms with Crippen LogP contribution in [0.5, 0.6) is 0 Å². The standard InChI is InChI=1S/C15H18N4/c1-3-13-11-5-7-17-9-14(11)19-15(18-13)12-8-16-6-4-10(12)2/h4,6,8,17H,3,5,7,9H2,1-2H3. The zero-order valence-corrected chi connectivity index (χ0v) is 11.4. The van der Waals surface area contributed by atoms with E-state index in [1.165, 1.54) is 16.8 Å². The molecule has 1 aliphatic heterocycles. The molecule has 2 aromatic heterocycles. The Labute approximate surface area is 113 Å². The fraction of sp³-hybridized carbons (Fsp3) is 0.400. The highest BCUT2D eigenvalue weighted by molar-refractivity contribution is 5.59. The van der Waals surface area contributed by atoms with Crippen LogP contribution in [0.1, 0.15) is 29.4 Å². The molecule has 0 saturated carbocycles. The van der Waals surface area contributed by atoms with E-state index in [4.69, 9.17) is 9.97 Å². The van der Waals surface area contributed by atoms with Gasteiger partial charge in [-0.05, 0) is 43.5 Å². The molecule has 0 fully saturated rings. The van der Waals surface area contributed by atoms with Gasteiger partial charge >= 0.3 is 0 Å². The molecule has 19 heavy (non-hydrogen) atoms. The van der Waals surface area contributed by atoms with Crippen molar-refractivity contribution < 1.29 is 0 Å². The minimum atomic E-state index is 0.810. The van der Waals surface area contributed by atoms with Gasteiger partial charge in [0.1, 0.15) is 0 Å². The van der Waals surface area contributed by atoms with E-state index in [1.54, 1.807) is 6.20 Å². The van der Waals surface area contributed by atoms with Crippen LogP contribution in [0, 0.1) is 6.92 Å². The third-order valence-electron chi connectivity index (χ3n) is 3.64. The van der Waals surface area contributed by atoms with Crippen LogP contribution in [-0.4, -0.2) is 21.5 Å². The summed E-state index contributed by atoms with van der Waals surface area (Å²) >= 11 is 0. The first-order valence-corrected chi connectivity index (χ1v) is 6.80. The monoisotopic (exact) mass is 254 g/mol. The minimum absolute atomic E-state index is 0.810. The van der Waals surface area contributed by atoms with Gasteiger partial charge in [-0.1, -0.05) is 6.92 Å². The molecule has 0 spiro atoms. The van der Waals surface area contributed by atoms with Crippen molar-refractivity contribution in [2.75, 3.05) is 6.54 Å². The zero-order chi connectivity index (χ0) is 13.2. The first-order valence-electron chi connectivity index (χ1n) is 6.80. The molecule has 0 saturated heterocycles. The van der Waals surface area contributed by atoms with E-state index in [9.17, 15) is 0 Å². The predicted molar refractivity (Wildman–Crippen MR) is 74.8 cm³/mol. The molecule has 3 heterocycles. The number of fused-ring (bicyclic) bond motifs is 1. The fourth-order valence-corrected chi connectivity index (χ4v) is 2.55. The number of aryl methyl sites for hydroxylation is 2. The third kappa shape index (κ3) is 2.24. The SMILES string of the molecule is CCc1nc(-c2cnccc2C)nc2c1CCNC2. The fourth-order valence-electron chi connectivity index (χ4n) is 2.55. The van der Waals surface area contributed by atoms with Gasteiger partial charge in [0.15, 0.2) is 5.82 Å². The van der Waals surface area contributed by atoms with E-state index in [-0.39, 0.29) is 0 Å². The topological polar surface area (TPSA) is 50.7 Å². The summed E-state index contributed by atoms with van der Waals surface area (Å²) < 4.78 is 0. The molecule has 0 atom stereocenters. The molecule has 0 aromatic carbocycles. The van der Waals surface area contributed by atoms with Crippen LogP contribution in [-0.2, 0) is 19.4 Å². The number of pyridine rings is 1. The van der Waals surface area contributed by atoms with Crippen molar-refractivity contribution in [3.63, 3.8) is 0 Å². The van der Waals surface area contributed by atoms with Gasteiger partial charge < -0.3 is 5.32 Å². The van der Waals surface area contributed by atoms with Gasteiger partial charge in [0.25, 0.3) is 0 Å². The van der Waals surface area contributed by atoms with Gasteiger partial charge in [-0.25, -0.2) is 9.97 Å². The highest BCUT2D eigenvalue weighted by Crippen LogP contribution is 2.23. The summed E-state index contributed by atoms with van der Waals surface area (Å²) in [6, 6.07) is 2.00. The summed E-state index contributed by atoms with van der Waals surface area (Å²) in [5.41, 5.74) is 5.87. The molecule has 98 valence electrons. The van der Waals surface area contributed by atoms with Gasteiger partial charge in [-0.15, -0.1) is 0 Å². The Morgan fingerprint density at radius 2 is 2.21 bits per heavy atom. The lowest BCUT2D eigenvalue weighted by Crippen LogP contribution is -2.26. The molecule has 3 rings (SSSR count). The Morgan fingerprint density at radius 3 is 3.00 bits per heavy atom. The summed E-state index contributed by atoms with van der Waals surface area (Å²) in [7, 11) is 0. The van der Waals surface area contributed by atoms with E-state index in [0.717, 1.165) is 43.0 Å². The Hall–Kier alpha value is -1.81. The summed E-state index contributed by atoms with van der Waals surface area (Å²) in [6.07, 6.45) is 5.65. The largest absolute Gasteiger partial charge is 0.311 e. The van der Waals surface area contributed by atoms with Crippen LogP contribution >= 0.6 is 0 Å². The lowest BCUT2D eigenvalue weighted by atomic mass is 10.0. The van der Waals surface area contributed by atoms with Crippen molar-refractivity contribution in [2.24, 2.45) is 0 Å². The normalized spacial score (nSPS) is 14.2. The predicted octanol–water partition coefficient (Wildman–Crippen LogP) is 2.06. The Morgan fingerprint density at radius 1 is 1.32 bits per heavy atom. The minimum Gasteiger partial charge on any atom is -0.311 e. The van der Waals surface area contributed by atoms with Crippen molar-refractivity contribution in [1.82, 2.24) is 20.3 Å². The van der Waals surface area contributed by atoms with Crippen LogP contribution in [0.3, 0.4) is 0 Å². The molecule has 0 unspecified atom stereocenters. The van der Waals surface area contributed by atoms with Crippen LogP contribution in [0.4, 0.5) is 0 Å². The molecule has 0 bridgehead atoms. The highest BCUT2D eigenvalue weighted by atomic mass is 15.0. The Bertz CT molecular complexity index is 590. The molecule has 1 aliphatic rings. The molecule has 4 nitrogen and oxygen atoms in total. The Kier molecular flexibility index (Phi) is 3.25. The summed E-state index contributed by atoms with van der Waals surface area (Å²) in [5, 5.41) is 3.38. The van der Waals surface area contributed by atoms with E-state index >= 15 is 0 Å². The van der Waals surface area contributed by atoms with E-state index in [0.29, 0.717) is 0 Å². The van der Waals surface area contributed by atoms with E-state index in [2.05, 4.69) is 24.1 Å². The highest BCUT2D eigenvalue weighted by Gasteiger charge is 2.17. The molecule has 0 radical (unpaired) electrons. The molecule has 4 heteroatoms. The second kappa shape index (κ2) is 5.05. The number of rotatable bonds is 2. The molecular formula is C15H18N4. The molecule has 0 amide bonds. The van der Waals surface area contributed by atoms with Crippen molar-refractivity contribution in [3.05, 3.63) is 41.0 Å². The van der Waals surface area contributed by atoms with Gasteiger partial charge in [-0.2, -0.15) is 0 Å². The van der Waals surface area contributed by atoms with Crippen LogP contribution in [0.25, 0.3) is 11.4 Å². The average molecular weight is 254 g/mol.